The molecule has 19 heteroatoms. The number of benzene rings is 2. The first-order valence-corrected chi connectivity index (χ1v) is 21.9. The van der Waals surface area contributed by atoms with E-state index < -0.39 is 77.8 Å². The maximum atomic E-state index is 14.9. The fourth-order valence-electron chi connectivity index (χ4n) is 6.85. The Labute approximate surface area is 366 Å². The van der Waals surface area contributed by atoms with Crippen molar-refractivity contribution in [3.63, 3.8) is 0 Å². The molecule has 2 aromatic carbocycles. The zero-order chi connectivity index (χ0) is 44.6. The number of ether oxygens (including phenoxy) is 3. The molecule has 0 radical (unpaired) electrons. The Morgan fingerprint density at radius 2 is 1.76 bits per heavy atom. The number of thiazole rings is 2. The van der Waals surface area contributed by atoms with Gasteiger partial charge in [-0.2, -0.15) is 4.39 Å². The first kappa shape index (κ1) is 46.0. The number of aliphatic hydroxyl groups is 1. The van der Waals surface area contributed by atoms with Crippen LogP contribution >= 0.6 is 22.7 Å². The van der Waals surface area contributed by atoms with E-state index in [-0.39, 0.29) is 31.0 Å². The molecular formula is C43H51F2N7O8S2. The van der Waals surface area contributed by atoms with Crippen LogP contribution in [0.2, 0.25) is 0 Å². The maximum Gasteiger partial charge on any atom is 0.257 e. The zero-order valence-corrected chi connectivity index (χ0v) is 36.8. The number of hydrogen-bond acceptors (Lipinski definition) is 13. The number of aliphatic hydroxyl groups excluding tert-OH is 1. The molecule has 0 spiro atoms. The normalized spacial score (nSPS) is 16.4. The van der Waals surface area contributed by atoms with Gasteiger partial charge < -0.3 is 45.1 Å². The molecule has 0 saturated carbocycles. The van der Waals surface area contributed by atoms with E-state index in [2.05, 4.69) is 25.9 Å². The van der Waals surface area contributed by atoms with Crippen LogP contribution in [0.3, 0.4) is 0 Å². The lowest BCUT2D eigenvalue weighted by atomic mass is 9.85. The van der Waals surface area contributed by atoms with Gasteiger partial charge in [0.25, 0.3) is 5.91 Å². The summed E-state index contributed by atoms with van der Waals surface area (Å²) in [5.41, 5.74) is 4.40. The predicted octanol–water partition coefficient (Wildman–Crippen LogP) is 5.32. The number of morpholine rings is 1. The number of aryl methyl sites for hydroxylation is 1. The van der Waals surface area contributed by atoms with E-state index in [0.29, 0.717) is 43.5 Å². The minimum atomic E-state index is -1.23. The van der Waals surface area contributed by atoms with E-state index in [1.165, 1.54) is 28.4 Å². The number of nitrogens with zero attached hydrogens (tertiary/aromatic N) is 4. The van der Waals surface area contributed by atoms with Gasteiger partial charge in [-0.1, -0.05) is 45.0 Å². The van der Waals surface area contributed by atoms with Crippen LogP contribution in [0.4, 0.5) is 13.9 Å². The van der Waals surface area contributed by atoms with Gasteiger partial charge in [0.1, 0.15) is 24.4 Å². The van der Waals surface area contributed by atoms with E-state index in [1.807, 2.05) is 43.0 Å². The number of hydrogen-bond donors (Lipinski definition) is 4. The van der Waals surface area contributed by atoms with Crippen LogP contribution in [-0.4, -0.2) is 115 Å². The lowest BCUT2D eigenvalue weighted by Crippen LogP contribution is -2.58. The molecule has 2 aliphatic rings. The minimum Gasteiger partial charge on any atom is -0.511 e. The van der Waals surface area contributed by atoms with Gasteiger partial charge in [-0.15, -0.1) is 22.7 Å². The second-order valence-electron chi connectivity index (χ2n) is 16.0. The first-order valence-electron chi connectivity index (χ1n) is 20.1. The third-order valence-corrected chi connectivity index (χ3v) is 12.1. The highest BCUT2D eigenvalue weighted by atomic mass is 32.1. The number of amides is 4. The van der Waals surface area contributed by atoms with Crippen LogP contribution in [-0.2, 0) is 28.7 Å². The Bertz CT molecular complexity index is 2260. The predicted molar refractivity (Wildman–Crippen MR) is 231 cm³/mol. The number of anilines is 1. The molecule has 4 aromatic rings. The molecule has 0 aliphatic carbocycles. The topological polar surface area (TPSA) is 185 Å². The SMILES string of the molecule is Cc1ncsc1-c1ccc([C@H](C)NC(=O)[C@@H]2C=C(O)CN2C(=O)[C@@H](NC(=O)COCCCNC(=O)COc2c(-c3csc(N4CCOCC4)n3)ccc(F)c2F)C(C)(C)C)cc1. The molecule has 62 heavy (non-hydrogen) atoms. The standard InChI is InChI=1S/C43H51F2N7O8S2/c1-25(27-7-9-28(10-8-27)38-26(2)47-24-62-38)48-40(56)33-19-29(53)20-52(33)41(57)39(43(3,4)5)50-35(55)21-59-16-6-13-46-34(54)22-60-37-30(11-12-31(44)36(37)45)32-23-61-42(49-32)51-14-17-58-18-15-51/h7-12,19,23-25,33,39,53H,6,13-18,20-22H2,1-5H3,(H,46,54)(H,48,56)(H,50,55)/t25-,33-,39+/m0/s1. The molecule has 0 bridgehead atoms. The molecule has 15 nitrogen and oxygen atoms in total. The van der Waals surface area contributed by atoms with Crippen molar-refractivity contribution in [2.24, 2.45) is 5.41 Å². The van der Waals surface area contributed by atoms with Gasteiger partial charge in [0.15, 0.2) is 23.3 Å². The largest absolute Gasteiger partial charge is 0.511 e. The van der Waals surface area contributed by atoms with Crippen LogP contribution in [0.5, 0.6) is 5.75 Å². The second-order valence-corrected chi connectivity index (χ2v) is 17.6. The molecule has 4 heterocycles. The summed E-state index contributed by atoms with van der Waals surface area (Å²) in [6, 6.07) is 7.52. The van der Waals surface area contributed by atoms with Crippen molar-refractivity contribution in [1.29, 1.82) is 0 Å². The van der Waals surface area contributed by atoms with Crippen molar-refractivity contribution in [2.45, 2.75) is 59.2 Å². The first-order chi connectivity index (χ1) is 29.6. The van der Waals surface area contributed by atoms with Gasteiger partial charge in [0, 0.05) is 37.2 Å². The van der Waals surface area contributed by atoms with Gasteiger partial charge in [0.2, 0.25) is 23.5 Å². The fourth-order valence-corrected chi connectivity index (χ4v) is 8.54. The number of halogens is 2. The molecule has 4 N–H and O–H groups in total. The Balaban J connectivity index is 0.941. The second kappa shape index (κ2) is 20.6. The highest BCUT2D eigenvalue weighted by Crippen LogP contribution is 2.37. The van der Waals surface area contributed by atoms with Gasteiger partial charge in [-0.05, 0) is 55.0 Å². The summed E-state index contributed by atoms with van der Waals surface area (Å²) in [4.78, 5) is 66.4. The third kappa shape index (κ3) is 11.5. The van der Waals surface area contributed by atoms with Crippen LogP contribution in [0, 0.1) is 24.0 Å². The molecule has 2 aromatic heterocycles. The highest BCUT2D eigenvalue weighted by molar-refractivity contribution is 7.14. The van der Waals surface area contributed by atoms with E-state index in [9.17, 15) is 33.1 Å². The number of carbonyl (C=O) groups is 4. The molecule has 1 saturated heterocycles. The Kier molecular flexibility index (Phi) is 15.3. The van der Waals surface area contributed by atoms with Gasteiger partial charge in [0.05, 0.1) is 47.6 Å². The molecule has 1 fully saturated rings. The number of nitrogens with one attached hydrogen (secondary N) is 3. The fraction of sp³-hybridized carbons (Fsp3) is 0.442. The number of aromatic nitrogens is 2. The average Bonchev–Trinajstić information content (AvgIpc) is 4.01. The van der Waals surface area contributed by atoms with Crippen molar-refractivity contribution in [3.05, 3.63) is 82.0 Å². The molecule has 0 unspecified atom stereocenters. The molecule has 4 amide bonds. The Morgan fingerprint density at radius 1 is 1.02 bits per heavy atom. The van der Waals surface area contributed by atoms with Crippen LogP contribution < -0.4 is 25.6 Å². The summed E-state index contributed by atoms with van der Waals surface area (Å²) in [7, 11) is 0. The number of rotatable bonds is 17. The zero-order valence-electron chi connectivity index (χ0n) is 35.2. The summed E-state index contributed by atoms with van der Waals surface area (Å²) in [5, 5.41) is 21.2. The van der Waals surface area contributed by atoms with Crippen molar-refractivity contribution >= 4 is 51.4 Å². The third-order valence-electron chi connectivity index (χ3n) is 10.2. The summed E-state index contributed by atoms with van der Waals surface area (Å²) in [5.74, 6) is -5.13. The summed E-state index contributed by atoms with van der Waals surface area (Å²) < 4.78 is 45.5. The van der Waals surface area contributed by atoms with Gasteiger partial charge in [-0.25, -0.2) is 14.4 Å². The van der Waals surface area contributed by atoms with E-state index >= 15 is 0 Å². The molecule has 332 valence electrons. The van der Waals surface area contributed by atoms with Crippen molar-refractivity contribution in [2.75, 3.05) is 64.1 Å². The number of carbonyl (C=O) groups excluding carboxylic acids is 4. The smallest absolute Gasteiger partial charge is 0.257 e. The van der Waals surface area contributed by atoms with E-state index in [4.69, 9.17) is 14.2 Å². The average molecular weight is 896 g/mol. The monoisotopic (exact) mass is 895 g/mol. The Morgan fingerprint density at radius 3 is 2.45 bits per heavy atom. The Hall–Kier alpha value is -5.50. The van der Waals surface area contributed by atoms with Crippen LogP contribution in [0.25, 0.3) is 21.7 Å². The summed E-state index contributed by atoms with van der Waals surface area (Å²) in [6.07, 6.45) is 1.63. The molecular weight excluding hydrogens is 845 g/mol. The highest BCUT2D eigenvalue weighted by Gasteiger charge is 2.42. The van der Waals surface area contributed by atoms with Crippen molar-refractivity contribution < 1.29 is 47.3 Å². The van der Waals surface area contributed by atoms with Gasteiger partial charge in [-0.3, -0.25) is 19.2 Å². The lowest BCUT2D eigenvalue weighted by molar-refractivity contribution is -0.144. The molecule has 3 atom stereocenters. The van der Waals surface area contributed by atoms with Crippen LogP contribution in [0.1, 0.15) is 51.4 Å². The summed E-state index contributed by atoms with van der Waals surface area (Å²) >= 11 is 2.90. The summed E-state index contributed by atoms with van der Waals surface area (Å²) in [6.45, 7) is 10.5. The molecule has 2 aliphatic heterocycles. The van der Waals surface area contributed by atoms with E-state index in [1.54, 1.807) is 43.0 Å². The lowest BCUT2D eigenvalue weighted by Gasteiger charge is -2.35. The van der Waals surface area contributed by atoms with Crippen LogP contribution in [0.15, 0.2) is 59.1 Å². The van der Waals surface area contributed by atoms with Gasteiger partial charge >= 0.3 is 0 Å². The van der Waals surface area contributed by atoms with Crippen molar-refractivity contribution in [3.8, 4) is 27.4 Å². The van der Waals surface area contributed by atoms with Crippen molar-refractivity contribution in [1.82, 2.24) is 30.8 Å². The molecule has 6 rings (SSSR count). The van der Waals surface area contributed by atoms with E-state index in [0.717, 1.165) is 27.8 Å². The minimum absolute atomic E-state index is 0.0681. The maximum absolute atomic E-state index is 14.9. The quantitative estimate of drug-likeness (QED) is 0.101.